The van der Waals surface area contributed by atoms with Gasteiger partial charge in [0.2, 0.25) is 0 Å². The van der Waals surface area contributed by atoms with E-state index in [1.54, 1.807) is 11.9 Å². The fourth-order valence-electron chi connectivity index (χ4n) is 1.49. The lowest BCUT2D eigenvalue weighted by Crippen LogP contribution is -2.36. The molecule has 0 aliphatic heterocycles. The average molecular weight is 306 g/mol. The van der Waals surface area contributed by atoms with Crippen LogP contribution in [0.25, 0.3) is 0 Å². The number of hydrogen-bond donors (Lipinski definition) is 1. The normalized spacial score (nSPS) is 11.1. The van der Waals surface area contributed by atoms with E-state index < -0.39 is 41.4 Å². The Hall–Kier alpha value is -2.32. The largest absolute Gasteiger partial charge is 0.465 e. The molecule has 1 aromatic rings. The van der Waals surface area contributed by atoms with Crippen LogP contribution in [0.15, 0.2) is 16.9 Å². The van der Waals surface area contributed by atoms with E-state index >= 15 is 0 Å². The van der Waals surface area contributed by atoms with Gasteiger partial charge in [-0.1, -0.05) is 0 Å². The molecule has 0 spiro atoms. The highest BCUT2D eigenvalue weighted by molar-refractivity contribution is 5.95. The number of halogens is 3. The number of H-pyrrole nitrogens is 1. The van der Waals surface area contributed by atoms with Crippen LogP contribution in [0, 0.1) is 0 Å². The van der Waals surface area contributed by atoms with Crippen LogP contribution in [0.1, 0.15) is 23.0 Å². The second-order valence-electron chi connectivity index (χ2n) is 4.08. The van der Waals surface area contributed by atoms with Crippen molar-refractivity contribution < 1.29 is 27.5 Å². The predicted molar refractivity (Wildman–Crippen MR) is 65.7 cm³/mol. The van der Waals surface area contributed by atoms with Crippen LogP contribution in [0.3, 0.4) is 0 Å². The SMILES string of the molecule is CCOC(=O)CN(C)C(=O)c1ccc(C(F)(F)F)[nH]c1=O. The Morgan fingerprint density at radius 3 is 2.43 bits per heavy atom. The van der Waals surface area contributed by atoms with Gasteiger partial charge in [-0.25, -0.2) is 0 Å². The lowest BCUT2D eigenvalue weighted by molar-refractivity contribution is -0.143. The van der Waals surface area contributed by atoms with E-state index in [1.165, 1.54) is 7.05 Å². The first-order chi connectivity index (χ1) is 9.66. The number of nitrogens with zero attached hydrogens (tertiary/aromatic N) is 1. The molecule has 0 unspecified atom stereocenters. The number of alkyl halides is 3. The number of carbonyl (C=O) groups excluding carboxylic acids is 2. The first kappa shape index (κ1) is 16.7. The summed E-state index contributed by atoms with van der Waals surface area (Å²) in [5, 5.41) is 0. The number of amides is 1. The van der Waals surface area contributed by atoms with Crippen LogP contribution in [-0.2, 0) is 15.7 Å². The van der Waals surface area contributed by atoms with Crippen LogP contribution in [0.5, 0.6) is 0 Å². The number of pyridine rings is 1. The second-order valence-corrected chi connectivity index (χ2v) is 4.08. The molecule has 1 aromatic heterocycles. The van der Waals surface area contributed by atoms with Crippen molar-refractivity contribution in [1.82, 2.24) is 9.88 Å². The van der Waals surface area contributed by atoms with Gasteiger partial charge in [0.25, 0.3) is 11.5 Å². The maximum atomic E-state index is 12.4. The van der Waals surface area contributed by atoms with Crippen LogP contribution in [0.4, 0.5) is 13.2 Å². The van der Waals surface area contributed by atoms with Gasteiger partial charge in [-0.2, -0.15) is 13.2 Å². The van der Waals surface area contributed by atoms with Crippen LogP contribution in [-0.4, -0.2) is 42.0 Å². The molecule has 0 aliphatic carbocycles. The van der Waals surface area contributed by atoms with Crippen molar-refractivity contribution in [1.29, 1.82) is 0 Å². The summed E-state index contributed by atoms with van der Waals surface area (Å²) in [6.07, 6.45) is -4.71. The molecule has 0 aliphatic rings. The number of carbonyl (C=O) groups is 2. The number of esters is 1. The number of nitrogens with one attached hydrogen (secondary N) is 1. The van der Waals surface area contributed by atoms with E-state index in [2.05, 4.69) is 4.74 Å². The quantitative estimate of drug-likeness (QED) is 0.843. The Bertz CT molecular complexity index is 595. The summed E-state index contributed by atoms with van der Waals surface area (Å²) in [7, 11) is 1.23. The van der Waals surface area contributed by atoms with E-state index in [-0.39, 0.29) is 6.61 Å². The molecule has 116 valence electrons. The number of aromatic amines is 1. The summed E-state index contributed by atoms with van der Waals surface area (Å²) < 4.78 is 41.8. The molecule has 0 saturated heterocycles. The first-order valence-electron chi connectivity index (χ1n) is 5.88. The Morgan fingerprint density at radius 2 is 1.95 bits per heavy atom. The van der Waals surface area contributed by atoms with Gasteiger partial charge in [-0.15, -0.1) is 0 Å². The van der Waals surface area contributed by atoms with Crippen molar-refractivity contribution in [2.75, 3.05) is 20.2 Å². The highest BCUT2D eigenvalue weighted by Crippen LogP contribution is 2.26. The Labute approximate surface area is 117 Å². The topological polar surface area (TPSA) is 79.5 Å². The maximum absolute atomic E-state index is 12.4. The fourth-order valence-corrected chi connectivity index (χ4v) is 1.49. The molecule has 1 rings (SSSR count). The Morgan fingerprint density at radius 1 is 1.33 bits per heavy atom. The molecule has 9 heteroatoms. The van der Waals surface area contributed by atoms with Gasteiger partial charge in [-0.3, -0.25) is 14.4 Å². The summed E-state index contributed by atoms with van der Waals surface area (Å²) in [5.41, 5.74) is -2.92. The number of likely N-dealkylation sites (N-methyl/N-ethyl adjacent to an activating group) is 1. The lowest BCUT2D eigenvalue weighted by Gasteiger charge is -2.16. The molecule has 0 saturated carbocycles. The van der Waals surface area contributed by atoms with E-state index in [1.807, 2.05) is 0 Å². The molecule has 0 radical (unpaired) electrons. The molecule has 1 N–H and O–H groups in total. The molecule has 1 amide bonds. The smallest absolute Gasteiger partial charge is 0.431 e. The maximum Gasteiger partial charge on any atom is 0.431 e. The molecule has 0 bridgehead atoms. The molecule has 0 fully saturated rings. The minimum Gasteiger partial charge on any atom is -0.465 e. The zero-order valence-corrected chi connectivity index (χ0v) is 11.3. The van der Waals surface area contributed by atoms with Gasteiger partial charge in [0.1, 0.15) is 17.8 Å². The van der Waals surface area contributed by atoms with Crippen LogP contribution < -0.4 is 5.56 Å². The highest BCUT2D eigenvalue weighted by Gasteiger charge is 2.32. The molecule has 0 atom stereocenters. The summed E-state index contributed by atoms with van der Waals surface area (Å²) >= 11 is 0. The molecular weight excluding hydrogens is 293 g/mol. The van der Waals surface area contributed by atoms with Gasteiger partial charge in [0.15, 0.2) is 0 Å². The third-order valence-corrected chi connectivity index (χ3v) is 2.46. The van der Waals surface area contributed by atoms with Gasteiger partial charge >= 0.3 is 12.1 Å². The van der Waals surface area contributed by atoms with Crippen LogP contribution >= 0.6 is 0 Å². The minimum atomic E-state index is -4.71. The third-order valence-electron chi connectivity index (χ3n) is 2.46. The average Bonchev–Trinajstić information content (AvgIpc) is 2.36. The highest BCUT2D eigenvalue weighted by atomic mass is 19.4. The summed E-state index contributed by atoms with van der Waals surface area (Å²) in [4.78, 5) is 37.1. The zero-order chi connectivity index (χ0) is 16.2. The Balaban J connectivity index is 2.93. The monoisotopic (exact) mass is 306 g/mol. The number of rotatable bonds is 4. The minimum absolute atomic E-state index is 0.127. The summed E-state index contributed by atoms with van der Waals surface area (Å²) in [6, 6.07) is 1.36. The van der Waals surface area contributed by atoms with E-state index in [0.29, 0.717) is 6.07 Å². The molecule has 0 aromatic carbocycles. The number of ether oxygens (including phenoxy) is 1. The Kier molecular flexibility index (Phi) is 5.12. The van der Waals surface area contributed by atoms with Gasteiger partial charge < -0.3 is 14.6 Å². The predicted octanol–water partition coefficient (Wildman–Crippen LogP) is 1.03. The van der Waals surface area contributed by atoms with Crippen molar-refractivity contribution in [2.45, 2.75) is 13.1 Å². The molecular formula is C12H13F3N2O4. The molecule has 6 nitrogen and oxygen atoms in total. The summed E-state index contributed by atoms with van der Waals surface area (Å²) in [5.74, 6) is -1.56. The van der Waals surface area contributed by atoms with Crippen molar-refractivity contribution in [3.05, 3.63) is 33.7 Å². The van der Waals surface area contributed by atoms with Crippen LogP contribution in [0.2, 0.25) is 0 Å². The van der Waals surface area contributed by atoms with E-state index in [0.717, 1.165) is 11.0 Å². The summed E-state index contributed by atoms with van der Waals surface area (Å²) in [6.45, 7) is 1.30. The van der Waals surface area contributed by atoms with Gasteiger partial charge in [-0.05, 0) is 19.1 Å². The molecule has 1 heterocycles. The second kappa shape index (κ2) is 6.42. The zero-order valence-electron chi connectivity index (χ0n) is 11.3. The number of aromatic nitrogens is 1. The van der Waals surface area contributed by atoms with E-state index in [4.69, 9.17) is 0 Å². The van der Waals surface area contributed by atoms with Crippen molar-refractivity contribution in [2.24, 2.45) is 0 Å². The third kappa shape index (κ3) is 4.33. The lowest BCUT2D eigenvalue weighted by atomic mass is 10.2. The van der Waals surface area contributed by atoms with Gasteiger partial charge in [0, 0.05) is 7.05 Å². The van der Waals surface area contributed by atoms with Crippen molar-refractivity contribution in [3.8, 4) is 0 Å². The first-order valence-corrected chi connectivity index (χ1v) is 5.88. The standard InChI is InChI=1S/C12H13F3N2O4/c1-3-21-9(18)6-17(2)11(20)7-4-5-8(12(13,14)15)16-10(7)19/h4-5H,3,6H2,1-2H3,(H,16,19). The van der Waals surface area contributed by atoms with Crippen molar-refractivity contribution in [3.63, 3.8) is 0 Å². The van der Waals surface area contributed by atoms with Gasteiger partial charge in [0.05, 0.1) is 6.61 Å². The fraction of sp³-hybridized carbons (Fsp3) is 0.417. The molecule has 21 heavy (non-hydrogen) atoms. The van der Waals surface area contributed by atoms with Crippen molar-refractivity contribution >= 4 is 11.9 Å². The number of hydrogen-bond acceptors (Lipinski definition) is 4. The van der Waals surface area contributed by atoms with E-state index in [9.17, 15) is 27.6 Å².